The molecule has 2 aromatic heterocycles. The molecule has 23 heavy (non-hydrogen) atoms. The first kappa shape index (κ1) is 15.2. The van der Waals surface area contributed by atoms with E-state index in [2.05, 4.69) is 15.5 Å². The molecular weight excluding hydrogens is 302 g/mol. The first-order valence-corrected chi connectivity index (χ1v) is 7.36. The second kappa shape index (κ2) is 5.82. The van der Waals surface area contributed by atoms with Crippen LogP contribution in [0.1, 0.15) is 59.0 Å². The molecule has 0 saturated carbocycles. The lowest BCUT2D eigenvalue weighted by Gasteiger charge is -2.14. The average Bonchev–Trinajstić information content (AvgIpc) is 3.24. The van der Waals surface area contributed by atoms with Gasteiger partial charge in [0.2, 0.25) is 0 Å². The van der Waals surface area contributed by atoms with Crippen LogP contribution in [-0.2, 0) is 0 Å². The van der Waals surface area contributed by atoms with E-state index in [1.807, 2.05) is 13.8 Å². The van der Waals surface area contributed by atoms with Crippen molar-refractivity contribution >= 4 is 11.9 Å². The number of rotatable bonds is 4. The van der Waals surface area contributed by atoms with Crippen LogP contribution < -0.4 is 0 Å². The molecule has 0 aromatic carbocycles. The Morgan fingerprint density at radius 2 is 2.17 bits per heavy atom. The van der Waals surface area contributed by atoms with E-state index in [1.54, 1.807) is 11.0 Å². The van der Waals surface area contributed by atoms with Crippen LogP contribution in [0.25, 0.3) is 0 Å². The number of amides is 1. The normalized spacial score (nSPS) is 17.9. The lowest BCUT2D eigenvalue weighted by Crippen LogP contribution is -2.29. The van der Waals surface area contributed by atoms with Crippen molar-refractivity contribution in [3.8, 4) is 0 Å². The fourth-order valence-corrected chi connectivity index (χ4v) is 2.52. The summed E-state index contributed by atoms with van der Waals surface area (Å²) < 4.78 is 6.66. The van der Waals surface area contributed by atoms with Crippen molar-refractivity contribution in [2.75, 3.05) is 13.1 Å². The van der Waals surface area contributed by atoms with Gasteiger partial charge in [-0.1, -0.05) is 24.2 Å². The Morgan fingerprint density at radius 3 is 2.78 bits per heavy atom. The number of carbonyl (C=O) groups excluding carboxylic acids is 1. The lowest BCUT2D eigenvalue weighted by molar-refractivity contribution is 0.0689. The van der Waals surface area contributed by atoms with Crippen molar-refractivity contribution in [1.29, 1.82) is 0 Å². The van der Waals surface area contributed by atoms with E-state index in [0.717, 1.165) is 0 Å². The Morgan fingerprint density at radius 1 is 1.39 bits per heavy atom. The SMILES string of the molecule is CC(C)c1cc(C(=O)N2CCC(n3cc(C(=O)O)nn3)C2)no1. The van der Waals surface area contributed by atoms with Gasteiger partial charge >= 0.3 is 5.97 Å². The van der Waals surface area contributed by atoms with Crippen molar-refractivity contribution < 1.29 is 19.2 Å². The highest BCUT2D eigenvalue weighted by atomic mass is 16.5. The maximum absolute atomic E-state index is 12.4. The molecule has 1 unspecified atom stereocenters. The van der Waals surface area contributed by atoms with Gasteiger partial charge in [0.25, 0.3) is 5.91 Å². The average molecular weight is 319 g/mol. The number of carboxylic acid groups (broad SMARTS) is 1. The summed E-state index contributed by atoms with van der Waals surface area (Å²) in [7, 11) is 0. The zero-order valence-corrected chi connectivity index (χ0v) is 12.8. The molecule has 0 radical (unpaired) electrons. The Balaban J connectivity index is 1.68. The van der Waals surface area contributed by atoms with E-state index < -0.39 is 5.97 Å². The van der Waals surface area contributed by atoms with Crippen LogP contribution in [0, 0.1) is 0 Å². The monoisotopic (exact) mass is 319 g/mol. The molecule has 3 heterocycles. The Kier molecular flexibility index (Phi) is 3.85. The van der Waals surface area contributed by atoms with Crippen molar-refractivity contribution in [2.24, 2.45) is 0 Å². The minimum Gasteiger partial charge on any atom is -0.476 e. The van der Waals surface area contributed by atoms with Crippen molar-refractivity contribution in [3.05, 3.63) is 29.4 Å². The summed E-state index contributed by atoms with van der Waals surface area (Å²) in [4.78, 5) is 24.9. The van der Waals surface area contributed by atoms with E-state index in [1.165, 1.54) is 10.9 Å². The standard InChI is InChI=1S/C14H17N5O4/c1-8(2)12-5-10(16-23-12)13(20)18-4-3-9(6-18)19-7-11(14(21)22)15-17-19/h5,7-9H,3-4,6H2,1-2H3,(H,21,22). The molecule has 3 rings (SSSR count). The number of carbonyl (C=O) groups is 2. The highest BCUT2D eigenvalue weighted by Crippen LogP contribution is 2.23. The molecule has 0 spiro atoms. The van der Waals surface area contributed by atoms with Gasteiger partial charge in [0.05, 0.1) is 12.2 Å². The van der Waals surface area contributed by atoms with Gasteiger partial charge in [-0.25, -0.2) is 9.48 Å². The molecule has 1 aliphatic rings. The summed E-state index contributed by atoms with van der Waals surface area (Å²) >= 11 is 0. The number of nitrogens with zero attached hydrogens (tertiary/aromatic N) is 5. The molecule has 9 nitrogen and oxygen atoms in total. The Bertz CT molecular complexity index is 735. The predicted molar refractivity (Wildman–Crippen MR) is 77.1 cm³/mol. The second-order valence-electron chi connectivity index (χ2n) is 5.85. The number of carboxylic acids is 1. The quantitative estimate of drug-likeness (QED) is 0.899. The summed E-state index contributed by atoms with van der Waals surface area (Å²) in [6.07, 6.45) is 2.07. The molecule has 9 heteroatoms. The van der Waals surface area contributed by atoms with Gasteiger partial charge in [-0.2, -0.15) is 0 Å². The first-order chi connectivity index (χ1) is 11.0. The first-order valence-electron chi connectivity index (χ1n) is 7.36. The lowest BCUT2D eigenvalue weighted by atomic mass is 10.1. The van der Waals surface area contributed by atoms with Crippen LogP contribution in [0.15, 0.2) is 16.8 Å². The smallest absolute Gasteiger partial charge is 0.358 e. The third kappa shape index (κ3) is 2.94. The number of likely N-dealkylation sites (tertiary alicyclic amines) is 1. The topological polar surface area (TPSA) is 114 Å². The Hall–Kier alpha value is -2.71. The fraction of sp³-hybridized carbons (Fsp3) is 0.500. The van der Waals surface area contributed by atoms with E-state index in [9.17, 15) is 9.59 Å². The number of hydrogen-bond donors (Lipinski definition) is 1. The number of hydrogen-bond acceptors (Lipinski definition) is 6. The maximum Gasteiger partial charge on any atom is 0.358 e. The molecule has 1 amide bonds. The van der Waals surface area contributed by atoms with E-state index in [0.29, 0.717) is 31.0 Å². The van der Waals surface area contributed by atoms with Gasteiger partial charge in [-0.05, 0) is 6.42 Å². The molecule has 1 aliphatic heterocycles. The molecule has 1 N–H and O–H groups in total. The number of aromatic carboxylic acids is 1. The van der Waals surface area contributed by atoms with Crippen LogP contribution in [-0.4, -0.2) is 55.1 Å². The van der Waals surface area contributed by atoms with Gasteiger partial charge < -0.3 is 14.5 Å². The van der Waals surface area contributed by atoms with Gasteiger partial charge in [-0.15, -0.1) is 5.10 Å². The van der Waals surface area contributed by atoms with E-state index in [4.69, 9.17) is 9.63 Å². The molecule has 2 aromatic rings. The fourth-order valence-electron chi connectivity index (χ4n) is 2.52. The highest BCUT2D eigenvalue weighted by molar-refractivity contribution is 5.92. The second-order valence-corrected chi connectivity index (χ2v) is 5.85. The largest absolute Gasteiger partial charge is 0.476 e. The van der Waals surface area contributed by atoms with Crippen molar-refractivity contribution in [3.63, 3.8) is 0 Å². The van der Waals surface area contributed by atoms with Crippen LogP contribution in [0.3, 0.4) is 0 Å². The van der Waals surface area contributed by atoms with Crippen molar-refractivity contribution in [1.82, 2.24) is 25.1 Å². The summed E-state index contributed by atoms with van der Waals surface area (Å²) in [5.74, 6) is -0.473. The van der Waals surface area contributed by atoms with Gasteiger partial charge in [0.1, 0.15) is 5.76 Å². The minimum atomic E-state index is -1.12. The van der Waals surface area contributed by atoms with Gasteiger partial charge in [0, 0.05) is 25.1 Å². The molecule has 1 saturated heterocycles. The molecule has 1 atom stereocenters. The molecular formula is C14H17N5O4. The Labute approximate surface area is 131 Å². The van der Waals surface area contributed by atoms with Crippen LogP contribution in [0.4, 0.5) is 0 Å². The third-order valence-electron chi connectivity index (χ3n) is 3.87. The van der Waals surface area contributed by atoms with E-state index >= 15 is 0 Å². The summed E-state index contributed by atoms with van der Waals surface area (Å²) in [5, 5.41) is 20.1. The summed E-state index contributed by atoms with van der Waals surface area (Å²) in [6.45, 7) is 4.91. The van der Waals surface area contributed by atoms with Crippen LogP contribution in [0.2, 0.25) is 0 Å². The van der Waals surface area contributed by atoms with Gasteiger partial charge in [-0.3, -0.25) is 4.79 Å². The molecule has 0 bridgehead atoms. The van der Waals surface area contributed by atoms with E-state index in [-0.39, 0.29) is 23.6 Å². The predicted octanol–water partition coefficient (Wildman–Crippen LogP) is 1.17. The minimum absolute atomic E-state index is 0.0870. The summed E-state index contributed by atoms with van der Waals surface area (Å²) in [6, 6.07) is 1.58. The van der Waals surface area contributed by atoms with Crippen LogP contribution in [0.5, 0.6) is 0 Å². The van der Waals surface area contributed by atoms with Crippen LogP contribution >= 0.6 is 0 Å². The van der Waals surface area contributed by atoms with Gasteiger partial charge in [0.15, 0.2) is 11.4 Å². The zero-order chi connectivity index (χ0) is 16.6. The molecule has 1 fully saturated rings. The summed E-state index contributed by atoms with van der Waals surface area (Å²) in [5.41, 5.74) is 0.187. The highest BCUT2D eigenvalue weighted by Gasteiger charge is 2.31. The zero-order valence-electron chi connectivity index (χ0n) is 12.8. The number of aromatic nitrogens is 4. The third-order valence-corrected chi connectivity index (χ3v) is 3.87. The molecule has 122 valence electrons. The van der Waals surface area contributed by atoms with Crippen molar-refractivity contribution in [2.45, 2.75) is 32.2 Å². The molecule has 0 aliphatic carbocycles. The maximum atomic E-state index is 12.4.